The Kier molecular flexibility index (Phi) is 5.94. The van der Waals surface area contributed by atoms with Gasteiger partial charge in [0.25, 0.3) is 0 Å². The van der Waals surface area contributed by atoms with Gasteiger partial charge in [-0.1, -0.05) is 33.6 Å². The molecule has 0 aromatic carbocycles. The van der Waals surface area contributed by atoms with E-state index in [2.05, 4.69) is 32.6 Å². The molecule has 0 radical (unpaired) electrons. The van der Waals surface area contributed by atoms with Gasteiger partial charge >= 0.3 is 0 Å². The molecule has 1 aliphatic rings. The fourth-order valence-corrected chi connectivity index (χ4v) is 2.66. The molecule has 0 amide bonds. The van der Waals surface area contributed by atoms with E-state index < -0.39 is 0 Å². The summed E-state index contributed by atoms with van der Waals surface area (Å²) in [6.07, 6.45) is 7.97. The van der Waals surface area contributed by atoms with Crippen molar-refractivity contribution in [1.82, 2.24) is 4.90 Å². The van der Waals surface area contributed by atoms with Gasteiger partial charge in [-0.05, 0) is 45.1 Å². The molecule has 0 heterocycles. The summed E-state index contributed by atoms with van der Waals surface area (Å²) in [4.78, 5) is 2.68. The summed E-state index contributed by atoms with van der Waals surface area (Å²) >= 11 is 0. The highest BCUT2D eigenvalue weighted by atomic mass is 15.2. The number of hydrogen-bond donors (Lipinski definition) is 1. The molecule has 0 aliphatic heterocycles. The van der Waals surface area contributed by atoms with Crippen LogP contribution in [0.25, 0.3) is 0 Å². The Morgan fingerprint density at radius 1 is 1.29 bits per heavy atom. The SMILES string of the molecule is CCC(C)(N)CN(CCC(C)C)C1CCCC1. The lowest BCUT2D eigenvalue weighted by Crippen LogP contribution is -2.50. The van der Waals surface area contributed by atoms with Crippen LogP contribution in [0.5, 0.6) is 0 Å². The largest absolute Gasteiger partial charge is 0.324 e. The Hall–Kier alpha value is -0.0800. The van der Waals surface area contributed by atoms with Crippen LogP contribution in [-0.4, -0.2) is 29.6 Å². The van der Waals surface area contributed by atoms with Crippen molar-refractivity contribution in [3.63, 3.8) is 0 Å². The number of rotatable bonds is 7. The number of nitrogens with two attached hydrogens (primary N) is 1. The highest BCUT2D eigenvalue weighted by molar-refractivity contribution is 4.86. The van der Waals surface area contributed by atoms with Crippen LogP contribution in [0, 0.1) is 5.92 Å². The van der Waals surface area contributed by atoms with E-state index >= 15 is 0 Å². The first kappa shape index (κ1) is 15.0. The summed E-state index contributed by atoms with van der Waals surface area (Å²) in [5.74, 6) is 0.796. The molecule has 0 bridgehead atoms. The molecule has 1 atom stereocenters. The topological polar surface area (TPSA) is 29.3 Å². The zero-order valence-corrected chi connectivity index (χ0v) is 12.3. The predicted molar refractivity (Wildman–Crippen MR) is 76.2 cm³/mol. The van der Waals surface area contributed by atoms with Crippen LogP contribution in [0.3, 0.4) is 0 Å². The summed E-state index contributed by atoms with van der Waals surface area (Å²) in [6.45, 7) is 11.3. The van der Waals surface area contributed by atoms with Gasteiger partial charge in [0, 0.05) is 18.1 Å². The van der Waals surface area contributed by atoms with E-state index in [1.54, 1.807) is 0 Å². The van der Waals surface area contributed by atoms with Crippen molar-refractivity contribution in [2.24, 2.45) is 11.7 Å². The van der Waals surface area contributed by atoms with Crippen molar-refractivity contribution >= 4 is 0 Å². The minimum Gasteiger partial charge on any atom is -0.324 e. The average molecular weight is 240 g/mol. The maximum Gasteiger partial charge on any atom is 0.0252 e. The minimum atomic E-state index is -0.0143. The molecule has 17 heavy (non-hydrogen) atoms. The van der Waals surface area contributed by atoms with E-state index in [1.165, 1.54) is 38.6 Å². The fourth-order valence-electron chi connectivity index (χ4n) is 2.66. The first-order chi connectivity index (χ1) is 7.94. The smallest absolute Gasteiger partial charge is 0.0252 e. The number of hydrogen-bond acceptors (Lipinski definition) is 2. The Labute approximate surface area is 108 Å². The van der Waals surface area contributed by atoms with Crippen LogP contribution < -0.4 is 5.73 Å². The van der Waals surface area contributed by atoms with Gasteiger partial charge in [0.15, 0.2) is 0 Å². The van der Waals surface area contributed by atoms with Crippen LogP contribution in [0.4, 0.5) is 0 Å². The second-order valence-corrected chi connectivity index (χ2v) is 6.60. The normalized spacial score (nSPS) is 21.4. The number of nitrogens with zero attached hydrogens (tertiary/aromatic N) is 1. The van der Waals surface area contributed by atoms with Crippen molar-refractivity contribution in [2.45, 2.75) is 77.8 Å². The predicted octanol–water partition coefficient (Wildman–Crippen LogP) is 3.40. The van der Waals surface area contributed by atoms with Gasteiger partial charge in [-0.2, -0.15) is 0 Å². The van der Waals surface area contributed by atoms with Gasteiger partial charge in [0.2, 0.25) is 0 Å². The summed E-state index contributed by atoms with van der Waals surface area (Å²) in [7, 11) is 0. The van der Waals surface area contributed by atoms with Crippen LogP contribution in [0.1, 0.15) is 66.2 Å². The lowest BCUT2D eigenvalue weighted by atomic mass is 9.97. The van der Waals surface area contributed by atoms with Crippen molar-refractivity contribution in [3.8, 4) is 0 Å². The van der Waals surface area contributed by atoms with Crippen molar-refractivity contribution < 1.29 is 0 Å². The molecule has 1 rings (SSSR count). The van der Waals surface area contributed by atoms with Gasteiger partial charge in [-0.15, -0.1) is 0 Å². The quantitative estimate of drug-likeness (QED) is 0.739. The van der Waals surface area contributed by atoms with E-state index in [-0.39, 0.29) is 5.54 Å². The van der Waals surface area contributed by atoms with Crippen molar-refractivity contribution in [1.29, 1.82) is 0 Å². The maximum atomic E-state index is 6.35. The molecule has 1 aliphatic carbocycles. The minimum absolute atomic E-state index is 0.0143. The Balaban J connectivity index is 2.51. The Bertz CT molecular complexity index is 205. The fraction of sp³-hybridized carbons (Fsp3) is 1.00. The zero-order valence-electron chi connectivity index (χ0n) is 12.3. The molecular formula is C15H32N2. The molecule has 2 nitrogen and oxygen atoms in total. The van der Waals surface area contributed by atoms with E-state index in [9.17, 15) is 0 Å². The highest BCUT2D eigenvalue weighted by Gasteiger charge is 2.27. The third-order valence-corrected chi connectivity index (χ3v) is 4.21. The highest BCUT2D eigenvalue weighted by Crippen LogP contribution is 2.25. The third-order valence-electron chi connectivity index (χ3n) is 4.21. The summed E-state index contributed by atoms with van der Waals surface area (Å²) < 4.78 is 0. The van der Waals surface area contributed by atoms with Crippen molar-refractivity contribution in [2.75, 3.05) is 13.1 Å². The zero-order chi connectivity index (χ0) is 12.9. The second kappa shape index (κ2) is 6.75. The molecule has 0 aromatic heterocycles. The summed E-state index contributed by atoms with van der Waals surface area (Å²) in [5, 5.41) is 0. The van der Waals surface area contributed by atoms with Crippen LogP contribution in [0.2, 0.25) is 0 Å². The molecule has 0 saturated heterocycles. The van der Waals surface area contributed by atoms with Gasteiger partial charge < -0.3 is 5.73 Å². The lowest BCUT2D eigenvalue weighted by molar-refractivity contribution is 0.149. The first-order valence-electron chi connectivity index (χ1n) is 7.47. The van der Waals surface area contributed by atoms with Crippen molar-refractivity contribution in [3.05, 3.63) is 0 Å². The second-order valence-electron chi connectivity index (χ2n) is 6.60. The monoisotopic (exact) mass is 240 g/mol. The Morgan fingerprint density at radius 3 is 2.35 bits per heavy atom. The van der Waals surface area contributed by atoms with E-state index in [4.69, 9.17) is 5.73 Å². The van der Waals surface area contributed by atoms with Crippen LogP contribution in [-0.2, 0) is 0 Å². The van der Waals surface area contributed by atoms with Gasteiger partial charge in [-0.25, -0.2) is 0 Å². The molecular weight excluding hydrogens is 208 g/mol. The molecule has 2 heteroatoms. The van der Waals surface area contributed by atoms with E-state index in [0.29, 0.717) is 0 Å². The molecule has 1 fully saturated rings. The van der Waals surface area contributed by atoms with E-state index in [1.807, 2.05) is 0 Å². The van der Waals surface area contributed by atoms with Gasteiger partial charge in [0.05, 0.1) is 0 Å². The summed E-state index contributed by atoms with van der Waals surface area (Å²) in [6, 6.07) is 0.808. The third kappa shape index (κ3) is 5.39. The molecule has 0 spiro atoms. The average Bonchev–Trinajstić information content (AvgIpc) is 2.77. The van der Waals surface area contributed by atoms with Gasteiger partial charge in [0.1, 0.15) is 0 Å². The summed E-state index contributed by atoms with van der Waals surface area (Å²) in [5.41, 5.74) is 6.33. The lowest BCUT2D eigenvalue weighted by Gasteiger charge is -2.36. The molecule has 1 saturated carbocycles. The maximum absolute atomic E-state index is 6.35. The Morgan fingerprint density at radius 2 is 1.88 bits per heavy atom. The first-order valence-corrected chi connectivity index (χ1v) is 7.47. The van der Waals surface area contributed by atoms with Crippen LogP contribution in [0.15, 0.2) is 0 Å². The molecule has 102 valence electrons. The standard InChI is InChI=1S/C15H32N2/c1-5-15(4,16)12-17(11-10-13(2)3)14-8-6-7-9-14/h13-14H,5-12,16H2,1-4H3. The van der Waals surface area contributed by atoms with E-state index in [0.717, 1.165) is 24.9 Å². The molecule has 0 aromatic rings. The molecule has 1 unspecified atom stereocenters. The van der Waals surface area contributed by atoms with Gasteiger partial charge in [-0.3, -0.25) is 4.90 Å². The molecule has 2 N–H and O–H groups in total. The van der Waals surface area contributed by atoms with Crippen LogP contribution >= 0.6 is 0 Å².